The molecular weight excluding hydrogens is 460 g/mol. The van der Waals surface area contributed by atoms with Gasteiger partial charge in [0.15, 0.2) is 0 Å². The number of alkyl halides is 3. The second-order valence-electron chi connectivity index (χ2n) is 6.04. The molecule has 0 amide bonds. The zero-order chi connectivity index (χ0) is 21.3. The smallest absolute Gasteiger partial charge is 0.421 e. The van der Waals surface area contributed by atoms with E-state index < -0.39 is 33.2 Å². The summed E-state index contributed by atoms with van der Waals surface area (Å²) in [6.45, 7) is 1.80. The highest BCUT2D eigenvalue weighted by Gasteiger charge is 2.39. The molecule has 0 saturated heterocycles. The number of thiophene rings is 1. The third-order valence-corrected chi connectivity index (χ3v) is 7.19. The second kappa shape index (κ2) is 8.66. The summed E-state index contributed by atoms with van der Waals surface area (Å²) in [5.41, 5.74) is -1.71. The van der Waals surface area contributed by atoms with Crippen LogP contribution in [-0.2, 0) is 16.2 Å². The van der Waals surface area contributed by atoms with E-state index >= 15 is 0 Å². The Labute approximate surface area is 175 Å². The molecule has 2 rings (SSSR count). The number of rotatable bonds is 7. The Bertz CT molecular complexity index is 961. The molecule has 0 bridgehead atoms. The van der Waals surface area contributed by atoms with Crippen LogP contribution in [0, 0.1) is 6.92 Å². The summed E-state index contributed by atoms with van der Waals surface area (Å²) in [5, 5.41) is 0. The molecule has 1 heterocycles. The van der Waals surface area contributed by atoms with Gasteiger partial charge in [0.25, 0.3) is 10.0 Å². The lowest BCUT2D eigenvalue weighted by atomic mass is 10.1. The van der Waals surface area contributed by atoms with Crippen LogP contribution in [0.5, 0.6) is 5.75 Å². The van der Waals surface area contributed by atoms with Gasteiger partial charge in [-0.05, 0) is 33.2 Å². The van der Waals surface area contributed by atoms with Gasteiger partial charge in [-0.25, -0.2) is 8.42 Å². The van der Waals surface area contributed by atoms with Crippen LogP contribution in [0.2, 0.25) is 8.67 Å². The Balaban J connectivity index is 2.47. The quantitative estimate of drug-likeness (QED) is 0.602. The van der Waals surface area contributed by atoms with Crippen molar-refractivity contribution in [2.75, 3.05) is 32.0 Å². The van der Waals surface area contributed by atoms with Crippen LogP contribution in [0.1, 0.15) is 11.1 Å². The summed E-state index contributed by atoms with van der Waals surface area (Å²) in [6, 6.07) is 3.42. The first kappa shape index (κ1) is 23.1. The van der Waals surface area contributed by atoms with Crippen molar-refractivity contribution < 1.29 is 26.3 Å². The zero-order valence-corrected chi connectivity index (χ0v) is 18.2. The Morgan fingerprint density at radius 3 is 2.36 bits per heavy atom. The number of sulfonamides is 1. The van der Waals surface area contributed by atoms with Gasteiger partial charge in [0, 0.05) is 12.1 Å². The van der Waals surface area contributed by atoms with Gasteiger partial charge >= 0.3 is 6.18 Å². The number of benzene rings is 1. The first-order chi connectivity index (χ1) is 12.8. The molecule has 1 aromatic carbocycles. The highest BCUT2D eigenvalue weighted by molar-refractivity contribution is 7.93. The molecule has 1 N–H and O–H groups in total. The second-order valence-corrected chi connectivity index (χ2v) is 9.88. The normalized spacial score (nSPS) is 12.5. The van der Waals surface area contributed by atoms with E-state index in [9.17, 15) is 21.6 Å². The summed E-state index contributed by atoms with van der Waals surface area (Å²) < 4.78 is 73.6. The standard InChI is InChI=1S/C16H17Cl2F3N2O3S2/c1-9-13(15(18)27-14(9)17)28(24,25)22-10-5-4-6-11(12(10)16(19,20)21)26-8-7-23(2)3/h4-6,22H,7-8H2,1-3H3. The molecule has 28 heavy (non-hydrogen) atoms. The van der Waals surface area contributed by atoms with Crippen molar-refractivity contribution in [1.82, 2.24) is 4.90 Å². The molecule has 0 fully saturated rings. The number of likely N-dealkylation sites (N-methyl/N-ethyl adjacent to an activating group) is 1. The van der Waals surface area contributed by atoms with E-state index in [4.69, 9.17) is 27.9 Å². The number of hydrogen-bond donors (Lipinski definition) is 1. The summed E-state index contributed by atoms with van der Waals surface area (Å²) in [6.07, 6.45) is -4.85. The van der Waals surface area contributed by atoms with Gasteiger partial charge in [-0.2, -0.15) is 13.2 Å². The number of halogens is 5. The summed E-state index contributed by atoms with van der Waals surface area (Å²) in [4.78, 5) is 1.39. The Morgan fingerprint density at radius 1 is 1.21 bits per heavy atom. The van der Waals surface area contributed by atoms with Crippen LogP contribution in [0.3, 0.4) is 0 Å². The minimum absolute atomic E-state index is 0.00262. The highest BCUT2D eigenvalue weighted by Crippen LogP contribution is 2.44. The van der Waals surface area contributed by atoms with Crippen LogP contribution >= 0.6 is 34.5 Å². The van der Waals surface area contributed by atoms with Crippen molar-refractivity contribution >= 4 is 50.2 Å². The van der Waals surface area contributed by atoms with Crippen LogP contribution in [-0.4, -0.2) is 40.6 Å². The number of nitrogens with one attached hydrogen (secondary N) is 1. The van der Waals surface area contributed by atoms with Crippen LogP contribution < -0.4 is 9.46 Å². The summed E-state index contributed by atoms with van der Waals surface area (Å²) in [7, 11) is -0.914. The fraction of sp³-hybridized carbons (Fsp3) is 0.375. The fourth-order valence-corrected chi connectivity index (χ4v) is 5.94. The van der Waals surface area contributed by atoms with Crippen molar-refractivity contribution in [2.24, 2.45) is 0 Å². The van der Waals surface area contributed by atoms with Crippen molar-refractivity contribution in [3.8, 4) is 5.75 Å². The van der Waals surface area contributed by atoms with Gasteiger partial charge < -0.3 is 9.64 Å². The van der Waals surface area contributed by atoms with Gasteiger partial charge in [0.05, 0.1) is 10.0 Å². The van der Waals surface area contributed by atoms with Crippen molar-refractivity contribution in [2.45, 2.75) is 18.0 Å². The topological polar surface area (TPSA) is 58.6 Å². The maximum Gasteiger partial charge on any atom is 0.421 e. The van der Waals surface area contributed by atoms with Crippen molar-refractivity contribution in [3.05, 3.63) is 38.0 Å². The van der Waals surface area contributed by atoms with Gasteiger partial charge in [0.2, 0.25) is 0 Å². The molecule has 2 aromatic rings. The van der Waals surface area contributed by atoms with Gasteiger partial charge in [-0.15, -0.1) is 11.3 Å². The Kier molecular flexibility index (Phi) is 7.14. The van der Waals surface area contributed by atoms with E-state index in [1.165, 1.54) is 13.0 Å². The Morgan fingerprint density at radius 2 is 1.86 bits per heavy atom. The van der Waals surface area contributed by atoms with E-state index in [2.05, 4.69) is 0 Å². The predicted octanol–water partition coefficient (Wildman–Crippen LogP) is 5.12. The van der Waals surface area contributed by atoms with Crippen LogP contribution in [0.25, 0.3) is 0 Å². The van der Waals surface area contributed by atoms with Crippen LogP contribution in [0.4, 0.5) is 18.9 Å². The van der Waals surface area contributed by atoms with Crippen LogP contribution in [0.15, 0.2) is 23.1 Å². The van der Waals surface area contributed by atoms with E-state index in [-0.39, 0.29) is 25.7 Å². The SMILES string of the molecule is Cc1c(Cl)sc(Cl)c1S(=O)(=O)Nc1cccc(OCCN(C)C)c1C(F)(F)F. The van der Waals surface area contributed by atoms with Gasteiger partial charge in [0.1, 0.15) is 27.2 Å². The van der Waals surface area contributed by atoms with Crippen molar-refractivity contribution in [1.29, 1.82) is 0 Å². The van der Waals surface area contributed by atoms with Gasteiger partial charge in [-0.3, -0.25) is 4.72 Å². The minimum atomic E-state index is -4.85. The lowest BCUT2D eigenvalue weighted by molar-refractivity contribution is -0.138. The lowest BCUT2D eigenvalue weighted by Crippen LogP contribution is -2.22. The molecule has 12 heteroatoms. The molecule has 156 valence electrons. The third-order valence-electron chi connectivity index (χ3n) is 3.61. The van der Waals surface area contributed by atoms with E-state index in [1.54, 1.807) is 19.0 Å². The first-order valence-electron chi connectivity index (χ1n) is 7.79. The van der Waals surface area contributed by atoms with Gasteiger partial charge in [-0.1, -0.05) is 29.3 Å². The van der Waals surface area contributed by atoms with E-state index in [1.807, 2.05) is 4.72 Å². The first-order valence-corrected chi connectivity index (χ1v) is 10.8. The highest BCUT2D eigenvalue weighted by atomic mass is 35.5. The number of anilines is 1. The van der Waals surface area contributed by atoms with Crippen molar-refractivity contribution in [3.63, 3.8) is 0 Å². The Hall–Kier alpha value is -1.20. The average Bonchev–Trinajstić information content (AvgIpc) is 2.78. The average molecular weight is 477 g/mol. The molecule has 0 spiro atoms. The largest absolute Gasteiger partial charge is 0.492 e. The maximum atomic E-state index is 13.7. The predicted molar refractivity (Wildman–Crippen MR) is 105 cm³/mol. The lowest BCUT2D eigenvalue weighted by Gasteiger charge is -2.19. The number of nitrogens with zero attached hydrogens (tertiary/aromatic N) is 1. The van der Waals surface area contributed by atoms with E-state index in [0.29, 0.717) is 6.54 Å². The molecule has 0 radical (unpaired) electrons. The summed E-state index contributed by atoms with van der Waals surface area (Å²) in [5.74, 6) is -0.472. The zero-order valence-electron chi connectivity index (χ0n) is 15.0. The number of hydrogen-bond acceptors (Lipinski definition) is 5. The molecule has 0 atom stereocenters. The number of ether oxygens (including phenoxy) is 1. The molecular formula is C16H17Cl2F3N2O3S2. The fourth-order valence-electron chi connectivity index (χ4n) is 2.31. The minimum Gasteiger partial charge on any atom is -0.492 e. The molecule has 0 unspecified atom stereocenters. The monoisotopic (exact) mass is 476 g/mol. The van der Waals surface area contributed by atoms with E-state index in [0.717, 1.165) is 23.5 Å². The molecule has 0 saturated carbocycles. The third kappa shape index (κ3) is 5.24. The molecule has 0 aliphatic heterocycles. The maximum absolute atomic E-state index is 13.7. The molecule has 5 nitrogen and oxygen atoms in total. The molecule has 1 aromatic heterocycles. The summed E-state index contributed by atoms with van der Waals surface area (Å²) >= 11 is 12.6. The molecule has 0 aliphatic carbocycles. The molecule has 0 aliphatic rings.